The maximum atomic E-state index is 11.4. The number of pyridine rings is 1. The minimum absolute atomic E-state index is 0. The molecule has 0 saturated carbocycles. The first-order valence-electron chi connectivity index (χ1n) is 6.81. The highest BCUT2D eigenvalue weighted by Gasteiger charge is 2.15. The van der Waals surface area contributed by atoms with Crippen LogP contribution in [0.2, 0.25) is 0 Å². The van der Waals surface area contributed by atoms with Crippen LogP contribution in [0.1, 0.15) is 10.5 Å². The molecule has 0 aliphatic rings. The molecule has 2 aromatic heterocycles. The molecule has 1 aromatic carbocycles. The lowest BCUT2D eigenvalue weighted by Gasteiger charge is -2.04. The first-order chi connectivity index (χ1) is 11.0. The minimum Gasteiger partial charge on any atom is -0.480 e. The highest BCUT2D eigenvalue weighted by Crippen LogP contribution is 2.24. The first-order valence-corrected chi connectivity index (χ1v) is 6.81. The molecule has 0 aliphatic carbocycles. The van der Waals surface area contributed by atoms with Crippen molar-refractivity contribution in [2.75, 3.05) is 13.6 Å². The van der Waals surface area contributed by atoms with Crippen molar-refractivity contribution in [3.8, 4) is 0 Å². The van der Waals surface area contributed by atoms with Gasteiger partial charge in [0, 0.05) is 12.4 Å². The molecule has 24 heavy (non-hydrogen) atoms. The number of fused-ring (bicyclic) bond motifs is 3. The summed E-state index contributed by atoms with van der Waals surface area (Å²) in [5, 5.41) is 11.3. The number of nitrogens with one attached hydrogen (secondary N) is 1. The van der Waals surface area contributed by atoms with Crippen molar-refractivity contribution in [3.63, 3.8) is 0 Å². The Bertz CT molecular complexity index is 878. The summed E-state index contributed by atoms with van der Waals surface area (Å²) < 4.78 is 1.87. The fourth-order valence-corrected chi connectivity index (χ4v) is 2.19. The van der Waals surface area contributed by atoms with Gasteiger partial charge >= 0.3 is 5.97 Å². The highest BCUT2D eigenvalue weighted by molar-refractivity contribution is 6.11. The van der Waals surface area contributed by atoms with Crippen LogP contribution in [0.25, 0.3) is 21.9 Å². The fourth-order valence-electron chi connectivity index (χ4n) is 2.19. The third-order valence-electron chi connectivity index (χ3n) is 3.11. The number of carbonyl (C=O) groups is 2. The second-order valence-corrected chi connectivity index (χ2v) is 4.82. The summed E-state index contributed by atoms with van der Waals surface area (Å²) in [5.41, 5.74) is 7.73. The first kappa shape index (κ1) is 19.0. The predicted molar refractivity (Wildman–Crippen MR) is 88.6 cm³/mol. The number of nitrogens with zero attached hydrogens (tertiary/aromatic N) is 3. The predicted octanol–water partition coefficient (Wildman–Crippen LogP) is 0.663. The van der Waals surface area contributed by atoms with Crippen molar-refractivity contribution < 1.29 is 19.4 Å². The largest absolute Gasteiger partial charge is 0.480 e. The van der Waals surface area contributed by atoms with E-state index in [2.05, 4.69) is 15.3 Å². The van der Waals surface area contributed by atoms with Gasteiger partial charge in [0.2, 0.25) is 0 Å². The zero-order valence-corrected chi connectivity index (χ0v) is 13.2. The molecule has 0 radical (unpaired) electrons. The molecule has 0 atom stereocenters. The molecule has 128 valence electrons. The Morgan fingerprint density at radius 1 is 1.33 bits per heavy atom. The van der Waals surface area contributed by atoms with Crippen molar-refractivity contribution in [2.24, 2.45) is 12.8 Å². The summed E-state index contributed by atoms with van der Waals surface area (Å²) in [5.74, 6) is -1.38. The zero-order valence-electron chi connectivity index (χ0n) is 13.2. The van der Waals surface area contributed by atoms with Gasteiger partial charge in [0.15, 0.2) is 5.69 Å². The van der Waals surface area contributed by atoms with Crippen molar-refractivity contribution >= 4 is 33.8 Å². The lowest BCUT2D eigenvalue weighted by molar-refractivity contribution is -0.135. The number of hydrogen-bond acceptors (Lipinski definition) is 5. The molecule has 0 bridgehead atoms. The maximum absolute atomic E-state index is 11.4. The minimum atomic E-state index is -0.822. The number of likely N-dealkylation sites (N-methyl/N-ethyl adjacent to an activating group) is 1. The van der Waals surface area contributed by atoms with Crippen LogP contribution in [0.3, 0.4) is 0 Å². The Morgan fingerprint density at radius 2 is 2.00 bits per heavy atom. The van der Waals surface area contributed by atoms with E-state index in [1.165, 1.54) is 0 Å². The van der Waals surface area contributed by atoms with Crippen LogP contribution in [0.4, 0.5) is 4.70 Å². The van der Waals surface area contributed by atoms with E-state index in [1.807, 2.05) is 35.9 Å². The van der Waals surface area contributed by atoms with Gasteiger partial charge in [-0.2, -0.15) is 0 Å². The van der Waals surface area contributed by atoms with Crippen LogP contribution in [0.5, 0.6) is 0 Å². The van der Waals surface area contributed by atoms with Crippen molar-refractivity contribution in [2.45, 2.75) is 0 Å². The zero-order chi connectivity index (χ0) is 17.0. The fraction of sp³-hybridized carbons (Fsp3) is 0.200. The van der Waals surface area contributed by atoms with Gasteiger partial charge in [-0.1, -0.05) is 18.2 Å². The van der Waals surface area contributed by atoms with E-state index in [9.17, 15) is 9.59 Å². The number of amides is 1. The smallest absolute Gasteiger partial charge is 0.317 e. The standard InChI is InChI=1S/C12H10N4O.C3H7NO2.FH/c1-16-6-14-9-10(12(13)17)15-8-5-3-2-4-7(8)11(9)16;1-4-2-3(5)6;/h2-6H,1H3,(H2,13,17);4H,2H2,1H3,(H,5,6);1H. The number of aryl methyl sites for hydroxylation is 1. The van der Waals surface area contributed by atoms with E-state index in [0.717, 1.165) is 16.4 Å². The maximum Gasteiger partial charge on any atom is 0.317 e. The second kappa shape index (κ2) is 7.97. The average molecular weight is 335 g/mol. The number of carbonyl (C=O) groups excluding carboxylic acids is 1. The van der Waals surface area contributed by atoms with Gasteiger partial charge in [0.25, 0.3) is 5.91 Å². The summed E-state index contributed by atoms with van der Waals surface area (Å²) in [4.78, 5) is 29.4. The van der Waals surface area contributed by atoms with Crippen LogP contribution >= 0.6 is 0 Å². The van der Waals surface area contributed by atoms with Crippen molar-refractivity contribution in [1.29, 1.82) is 0 Å². The molecule has 0 fully saturated rings. The summed E-state index contributed by atoms with van der Waals surface area (Å²) in [6.45, 7) is 0.0417. The molecule has 9 heteroatoms. The molecule has 4 N–H and O–H groups in total. The topological polar surface area (TPSA) is 123 Å². The Labute approximate surface area is 136 Å². The molecule has 0 saturated heterocycles. The third kappa shape index (κ3) is 3.82. The quantitative estimate of drug-likeness (QED) is 0.646. The third-order valence-corrected chi connectivity index (χ3v) is 3.11. The van der Waals surface area contributed by atoms with Gasteiger partial charge < -0.3 is 20.7 Å². The SMILES string of the molecule is CNCC(=O)O.Cn1cnc2c(C(N)=O)nc3ccccc3c21.F. The molecule has 8 nitrogen and oxygen atoms in total. The van der Waals surface area contributed by atoms with Crippen LogP contribution in [0, 0.1) is 0 Å². The van der Waals surface area contributed by atoms with Crippen LogP contribution in [-0.2, 0) is 11.8 Å². The Balaban J connectivity index is 0.000000359. The molecule has 0 unspecified atom stereocenters. The Hall–Kier alpha value is -3.07. The van der Waals surface area contributed by atoms with Crippen LogP contribution < -0.4 is 11.1 Å². The number of carboxylic acids is 1. The van der Waals surface area contributed by atoms with E-state index in [-0.39, 0.29) is 16.9 Å². The molecule has 1 amide bonds. The number of hydrogen-bond donors (Lipinski definition) is 3. The molecule has 3 aromatic rings. The number of halogens is 1. The van der Waals surface area contributed by atoms with Gasteiger partial charge in [-0.25, -0.2) is 9.97 Å². The number of para-hydroxylation sites is 1. The monoisotopic (exact) mass is 335 g/mol. The molecule has 3 rings (SSSR count). The number of aliphatic carboxylic acids is 1. The number of imidazole rings is 1. The van der Waals surface area contributed by atoms with E-state index in [1.54, 1.807) is 13.4 Å². The van der Waals surface area contributed by atoms with Crippen molar-refractivity contribution in [3.05, 3.63) is 36.3 Å². The molecule has 0 aliphatic heterocycles. The molecule has 2 heterocycles. The van der Waals surface area contributed by atoms with Gasteiger partial charge in [0.1, 0.15) is 5.52 Å². The number of primary amides is 1. The lowest BCUT2D eigenvalue weighted by atomic mass is 10.1. The van der Waals surface area contributed by atoms with Crippen LogP contribution in [-0.4, -0.2) is 45.1 Å². The average Bonchev–Trinajstić information content (AvgIpc) is 2.89. The normalized spacial score (nSPS) is 9.92. The van der Waals surface area contributed by atoms with Gasteiger partial charge in [-0.15, -0.1) is 0 Å². The van der Waals surface area contributed by atoms with E-state index < -0.39 is 11.9 Å². The molecule has 0 spiro atoms. The van der Waals surface area contributed by atoms with E-state index in [4.69, 9.17) is 10.8 Å². The van der Waals surface area contributed by atoms with Crippen molar-refractivity contribution in [1.82, 2.24) is 19.9 Å². The lowest BCUT2D eigenvalue weighted by Crippen LogP contribution is -2.16. The number of carboxylic acid groups (broad SMARTS) is 1. The van der Waals surface area contributed by atoms with Crippen LogP contribution in [0.15, 0.2) is 30.6 Å². The van der Waals surface area contributed by atoms with Gasteiger partial charge in [0.05, 0.1) is 23.9 Å². The number of rotatable bonds is 3. The molecular weight excluding hydrogens is 317 g/mol. The Kier molecular flexibility index (Phi) is 6.30. The Morgan fingerprint density at radius 3 is 2.54 bits per heavy atom. The number of nitrogens with two attached hydrogens (primary N) is 1. The second-order valence-electron chi connectivity index (χ2n) is 4.82. The summed E-state index contributed by atoms with van der Waals surface area (Å²) >= 11 is 0. The number of benzene rings is 1. The van der Waals surface area contributed by atoms with Gasteiger partial charge in [-0.3, -0.25) is 14.3 Å². The molecular formula is C15H18FN5O3. The summed E-state index contributed by atoms with van der Waals surface area (Å²) in [6, 6.07) is 7.62. The van der Waals surface area contributed by atoms with E-state index in [0.29, 0.717) is 5.52 Å². The van der Waals surface area contributed by atoms with Gasteiger partial charge in [-0.05, 0) is 13.1 Å². The summed E-state index contributed by atoms with van der Waals surface area (Å²) in [7, 11) is 3.47. The summed E-state index contributed by atoms with van der Waals surface area (Å²) in [6.07, 6.45) is 1.66. The highest BCUT2D eigenvalue weighted by atomic mass is 19.0. The van der Waals surface area contributed by atoms with E-state index >= 15 is 0 Å². The number of aromatic nitrogens is 3.